The van der Waals surface area contributed by atoms with Crippen molar-refractivity contribution in [2.45, 2.75) is 57.8 Å². The Hall–Kier alpha value is -2.14. The predicted octanol–water partition coefficient (Wildman–Crippen LogP) is 4.86. The molecule has 0 heterocycles. The van der Waals surface area contributed by atoms with Gasteiger partial charge < -0.3 is 0 Å². The van der Waals surface area contributed by atoms with E-state index in [1.54, 1.807) is 36.4 Å². The van der Waals surface area contributed by atoms with Crippen molar-refractivity contribution in [2.75, 3.05) is 4.31 Å². The van der Waals surface area contributed by atoms with Crippen LogP contribution in [-0.4, -0.2) is 14.3 Å². The molecule has 5 heteroatoms. The van der Waals surface area contributed by atoms with E-state index in [4.69, 9.17) is 0 Å². The third kappa shape index (κ3) is 4.73. The standard InChI is InChI=1S/C21H27NO3S/c1-4-6-8-18-11-13-19(14-12-18)22(21(23)7-5-2)26(24,25)20-15-9-17(3)10-16-20/h9-16H,4-8H2,1-3H3. The molecule has 0 saturated heterocycles. The normalized spacial score (nSPS) is 11.3. The Kier molecular flexibility index (Phi) is 6.98. The molecule has 0 unspecified atom stereocenters. The molecule has 0 radical (unpaired) electrons. The highest BCUT2D eigenvalue weighted by molar-refractivity contribution is 7.93. The second-order valence-electron chi connectivity index (χ2n) is 6.50. The molecule has 0 aliphatic rings. The first-order chi connectivity index (χ1) is 12.4. The molecule has 26 heavy (non-hydrogen) atoms. The summed E-state index contributed by atoms with van der Waals surface area (Å²) >= 11 is 0. The molecule has 0 bridgehead atoms. The lowest BCUT2D eigenvalue weighted by atomic mass is 10.1. The zero-order chi connectivity index (χ0) is 19.2. The van der Waals surface area contributed by atoms with Gasteiger partial charge in [0.1, 0.15) is 0 Å². The van der Waals surface area contributed by atoms with Crippen molar-refractivity contribution < 1.29 is 13.2 Å². The fraction of sp³-hybridized carbons (Fsp3) is 0.381. The van der Waals surface area contributed by atoms with E-state index < -0.39 is 15.9 Å². The van der Waals surface area contributed by atoms with Crippen molar-refractivity contribution in [2.24, 2.45) is 0 Å². The summed E-state index contributed by atoms with van der Waals surface area (Å²) in [5, 5.41) is 0. The summed E-state index contributed by atoms with van der Waals surface area (Å²) in [6, 6.07) is 13.8. The highest BCUT2D eigenvalue weighted by atomic mass is 32.2. The zero-order valence-electron chi connectivity index (χ0n) is 15.7. The Labute approximate surface area is 156 Å². The number of hydrogen-bond donors (Lipinski definition) is 0. The molecule has 4 nitrogen and oxygen atoms in total. The van der Waals surface area contributed by atoms with E-state index in [-0.39, 0.29) is 11.3 Å². The molecule has 0 fully saturated rings. The minimum atomic E-state index is -3.94. The number of nitrogens with zero attached hydrogens (tertiary/aromatic N) is 1. The van der Waals surface area contributed by atoms with Gasteiger partial charge in [-0.3, -0.25) is 4.79 Å². The third-order valence-electron chi connectivity index (χ3n) is 4.24. The summed E-state index contributed by atoms with van der Waals surface area (Å²) < 4.78 is 27.2. The number of carbonyl (C=O) groups excluding carboxylic acids is 1. The van der Waals surface area contributed by atoms with Crippen LogP contribution in [0.3, 0.4) is 0 Å². The van der Waals surface area contributed by atoms with Crippen LogP contribution >= 0.6 is 0 Å². The van der Waals surface area contributed by atoms with E-state index in [0.717, 1.165) is 34.7 Å². The molecule has 0 spiro atoms. The lowest BCUT2D eigenvalue weighted by Crippen LogP contribution is -2.36. The average Bonchev–Trinajstić information content (AvgIpc) is 2.61. The highest BCUT2D eigenvalue weighted by Gasteiger charge is 2.30. The molecular formula is C21H27NO3S. The smallest absolute Gasteiger partial charge is 0.270 e. The summed E-state index contributed by atoms with van der Waals surface area (Å²) in [6.45, 7) is 5.89. The maximum Gasteiger partial charge on any atom is 0.270 e. The number of hydrogen-bond acceptors (Lipinski definition) is 3. The summed E-state index contributed by atoms with van der Waals surface area (Å²) in [5.74, 6) is -0.408. The van der Waals surface area contributed by atoms with Gasteiger partial charge in [0.25, 0.3) is 10.0 Å². The monoisotopic (exact) mass is 373 g/mol. The van der Waals surface area contributed by atoms with E-state index in [1.807, 2.05) is 26.0 Å². The van der Waals surface area contributed by atoms with Crippen molar-refractivity contribution in [3.8, 4) is 0 Å². The molecule has 0 aliphatic heterocycles. The van der Waals surface area contributed by atoms with Gasteiger partial charge in [0, 0.05) is 6.42 Å². The number of benzene rings is 2. The van der Waals surface area contributed by atoms with Gasteiger partial charge >= 0.3 is 0 Å². The SMILES string of the molecule is CCCCc1ccc(N(C(=O)CCC)S(=O)(=O)c2ccc(C)cc2)cc1. The molecule has 2 aromatic rings. The first-order valence-electron chi connectivity index (χ1n) is 9.14. The van der Waals surface area contributed by atoms with Gasteiger partial charge in [-0.25, -0.2) is 12.7 Å². The van der Waals surface area contributed by atoms with Crippen LogP contribution in [0.4, 0.5) is 5.69 Å². The van der Waals surface area contributed by atoms with Crippen LogP contribution < -0.4 is 4.31 Å². The Bertz CT molecular complexity index is 825. The molecule has 0 saturated carbocycles. The molecule has 2 rings (SSSR count). The second kappa shape index (κ2) is 8.99. The molecule has 1 amide bonds. The van der Waals surface area contributed by atoms with Gasteiger partial charge in [0.2, 0.25) is 5.91 Å². The molecule has 0 aromatic heterocycles. The van der Waals surface area contributed by atoms with Crippen LogP contribution in [0.25, 0.3) is 0 Å². The Morgan fingerprint density at radius 1 is 0.923 bits per heavy atom. The van der Waals surface area contributed by atoms with Crippen molar-refractivity contribution in [3.63, 3.8) is 0 Å². The van der Waals surface area contributed by atoms with Crippen molar-refractivity contribution in [1.82, 2.24) is 0 Å². The van der Waals surface area contributed by atoms with Gasteiger partial charge in [-0.1, -0.05) is 50.1 Å². The van der Waals surface area contributed by atoms with Crippen LogP contribution in [0.5, 0.6) is 0 Å². The lowest BCUT2D eigenvalue weighted by Gasteiger charge is -2.23. The van der Waals surface area contributed by atoms with Crippen LogP contribution in [0.15, 0.2) is 53.4 Å². The highest BCUT2D eigenvalue weighted by Crippen LogP contribution is 2.26. The van der Waals surface area contributed by atoms with E-state index in [9.17, 15) is 13.2 Å². The summed E-state index contributed by atoms with van der Waals surface area (Å²) in [5.41, 5.74) is 2.51. The number of carbonyl (C=O) groups is 1. The fourth-order valence-corrected chi connectivity index (χ4v) is 4.18. The van der Waals surface area contributed by atoms with Crippen LogP contribution in [0.2, 0.25) is 0 Å². The van der Waals surface area contributed by atoms with E-state index >= 15 is 0 Å². The minimum Gasteiger partial charge on any atom is -0.273 e. The van der Waals surface area contributed by atoms with Crippen LogP contribution in [-0.2, 0) is 21.2 Å². The number of anilines is 1. The number of aryl methyl sites for hydroxylation is 2. The quantitative estimate of drug-likeness (QED) is 0.664. The lowest BCUT2D eigenvalue weighted by molar-refractivity contribution is -0.117. The molecule has 2 aromatic carbocycles. The largest absolute Gasteiger partial charge is 0.273 e. The Morgan fingerprint density at radius 3 is 2.08 bits per heavy atom. The summed E-state index contributed by atoms with van der Waals surface area (Å²) in [4.78, 5) is 12.8. The maximum absolute atomic E-state index is 13.1. The molecular weight excluding hydrogens is 346 g/mol. The number of amides is 1. The Balaban J connectivity index is 2.43. The van der Waals surface area contributed by atoms with Crippen LogP contribution in [0.1, 0.15) is 50.7 Å². The van der Waals surface area contributed by atoms with Gasteiger partial charge in [0.05, 0.1) is 10.6 Å². The van der Waals surface area contributed by atoms with Crippen molar-refractivity contribution in [1.29, 1.82) is 0 Å². The molecule has 0 aliphatic carbocycles. The molecule has 140 valence electrons. The molecule has 0 atom stereocenters. The van der Waals surface area contributed by atoms with E-state index in [2.05, 4.69) is 6.92 Å². The minimum absolute atomic E-state index is 0.127. The number of rotatable bonds is 8. The zero-order valence-corrected chi connectivity index (χ0v) is 16.6. The second-order valence-corrected chi connectivity index (χ2v) is 8.28. The third-order valence-corrected chi connectivity index (χ3v) is 6.00. The maximum atomic E-state index is 13.1. The molecule has 0 N–H and O–H groups in total. The summed E-state index contributed by atoms with van der Waals surface area (Å²) in [6.07, 6.45) is 3.91. The van der Waals surface area contributed by atoms with Gasteiger partial charge in [-0.15, -0.1) is 0 Å². The first-order valence-corrected chi connectivity index (χ1v) is 10.6. The first kappa shape index (κ1) is 20.2. The number of unbranched alkanes of at least 4 members (excludes halogenated alkanes) is 1. The average molecular weight is 374 g/mol. The predicted molar refractivity (Wildman–Crippen MR) is 106 cm³/mol. The van der Waals surface area contributed by atoms with Crippen molar-refractivity contribution in [3.05, 3.63) is 59.7 Å². The van der Waals surface area contributed by atoms with E-state index in [1.165, 1.54) is 0 Å². The fourth-order valence-electron chi connectivity index (χ4n) is 2.73. The van der Waals surface area contributed by atoms with Crippen LogP contribution in [0, 0.1) is 6.92 Å². The van der Waals surface area contributed by atoms with Gasteiger partial charge in [-0.05, 0) is 56.0 Å². The van der Waals surface area contributed by atoms with Gasteiger partial charge in [0.15, 0.2) is 0 Å². The summed E-state index contributed by atoms with van der Waals surface area (Å²) in [7, 11) is -3.94. The number of sulfonamides is 1. The topological polar surface area (TPSA) is 54.5 Å². The van der Waals surface area contributed by atoms with Gasteiger partial charge in [-0.2, -0.15) is 0 Å². The van der Waals surface area contributed by atoms with Crippen molar-refractivity contribution >= 4 is 21.6 Å². The van der Waals surface area contributed by atoms with E-state index in [0.29, 0.717) is 12.1 Å². The Morgan fingerprint density at radius 2 is 1.54 bits per heavy atom.